The van der Waals surface area contributed by atoms with Gasteiger partial charge in [-0.3, -0.25) is 9.78 Å². The lowest BCUT2D eigenvalue weighted by Gasteiger charge is -2.14. The van der Waals surface area contributed by atoms with Crippen molar-refractivity contribution in [2.24, 2.45) is 0 Å². The second-order valence-electron chi connectivity index (χ2n) is 7.35. The Morgan fingerprint density at radius 3 is 2.71 bits per heavy atom. The van der Waals surface area contributed by atoms with E-state index in [1.54, 1.807) is 36.5 Å². The molecule has 0 saturated heterocycles. The number of aliphatic hydroxyl groups excluding tert-OH is 1. The Hall–Kier alpha value is -3.45. The zero-order chi connectivity index (χ0) is 21.8. The van der Waals surface area contributed by atoms with Gasteiger partial charge in [-0.05, 0) is 54.8 Å². The highest BCUT2D eigenvalue weighted by atomic mass is 19.1. The van der Waals surface area contributed by atoms with Gasteiger partial charge < -0.3 is 19.9 Å². The minimum Gasteiger partial charge on any atom is -0.494 e. The number of pyridine rings is 1. The van der Waals surface area contributed by atoms with Crippen LogP contribution in [0.1, 0.15) is 34.3 Å². The van der Waals surface area contributed by atoms with Crippen LogP contribution < -0.4 is 14.8 Å². The molecule has 1 amide bonds. The zero-order valence-corrected chi connectivity index (χ0v) is 17.1. The van der Waals surface area contributed by atoms with Crippen LogP contribution in [0.3, 0.4) is 0 Å². The predicted octanol–water partition coefficient (Wildman–Crippen LogP) is 3.86. The third-order valence-electron chi connectivity index (χ3n) is 5.05. The quantitative estimate of drug-likeness (QED) is 0.576. The van der Waals surface area contributed by atoms with Crippen molar-refractivity contribution in [2.75, 3.05) is 7.11 Å². The number of amides is 1. The number of aliphatic hydroxyl groups is 1. The molecule has 3 aromatic rings. The second kappa shape index (κ2) is 9.14. The van der Waals surface area contributed by atoms with Crippen LogP contribution in [0.4, 0.5) is 4.39 Å². The van der Waals surface area contributed by atoms with Gasteiger partial charge in [0.2, 0.25) is 0 Å². The van der Waals surface area contributed by atoms with Crippen molar-refractivity contribution < 1.29 is 23.8 Å². The number of rotatable bonds is 8. The molecule has 2 N–H and O–H groups in total. The molecular formula is C24H23FN2O4. The molecule has 6 nitrogen and oxygen atoms in total. The van der Waals surface area contributed by atoms with E-state index >= 15 is 0 Å². The van der Waals surface area contributed by atoms with Gasteiger partial charge in [-0.15, -0.1) is 0 Å². The number of methoxy groups -OCH3 is 1. The number of halogens is 1. The van der Waals surface area contributed by atoms with E-state index in [4.69, 9.17) is 9.47 Å². The molecule has 0 bridgehead atoms. The number of carbonyl (C=O) groups is 1. The van der Waals surface area contributed by atoms with Crippen LogP contribution in [0, 0.1) is 5.82 Å². The Morgan fingerprint density at radius 2 is 2.00 bits per heavy atom. The predicted molar refractivity (Wildman–Crippen MR) is 113 cm³/mol. The molecule has 1 fully saturated rings. The van der Waals surface area contributed by atoms with Crippen LogP contribution in [0.15, 0.2) is 54.7 Å². The summed E-state index contributed by atoms with van der Waals surface area (Å²) < 4.78 is 24.8. The minimum absolute atomic E-state index is 0.121. The second-order valence-corrected chi connectivity index (χ2v) is 7.35. The van der Waals surface area contributed by atoms with Crippen molar-refractivity contribution in [1.82, 2.24) is 10.3 Å². The van der Waals surface area contributed by atoms with Crippen LogP contribution in [-0.4, -0.2) is 29.2 Å². The lowest BCUT2D eigenvalue weighted by molar-refractivity contribution is 0.0946. The van der Waals surface area contributed by atoms with E-state index in [9.17, 15) is 14.3 Å². The Balaban J connectivity index is 1.59. The molecule has 0 spiro atoms. The summed E-state index contributed by atoms with van der Waals surface area (Å²) in [5.74, 6) is -0.181. The molecule has 0 atom stereocenters. The number of hydrogen-bond acceptors (Lipinski definition) is 5. The zero-order valence-electron chi connectivity index (χ0n) is 17.1. The molecule has 0 aliphatic heterocycles. The minimum atomic E-state index is -0.485. The number of benzene rings is 2. The highest BCUT2D eigenvalue weighted by Gasteiger charge is 2.26. The van der Waals surface area contributed by atoms with Gasteiger partial charge in [0.15, 0.2) is 11.6 Å². The summed E-state index contributed by atoms with van der Waals surface area (Å²) in [6, 6.07) is 13.4. The molecule has 1 aliphatic carbocycles. The van der Waals surface area contributed by atoms with Gasteiger partial charge in [0.25, 0.3) is 5.91 Å². The maximum absolute atomic E-state index is 13.9. The topological polar surface area (TPSA) is 80.7 Å². The maximum atomic E-state index is 13.9. The van der Waals surface area contributed by atoms with Crippen LogP contribution >= 0.6 is 0 Å². The largest absolute Gasteiger partial charge is 0.494 e. The van der Waals surface area contributed by atoms with Gasteiger partial charge in [-0.2, -0.15) is 0 Å². The summed E-state index contributed by atoms with van der Waals surface area (Å²) in [6.07, 6.45) is 3.68. The summed E-state index contributed by atoms with van der Waals surface area (Å²) in [6.45, 7) is -0.00756. The first-order chi connectivity index (χ1) is 15.1. The van der Waals surface area contributed by atoms with Crippen LogP contribution in [0.5, 0.6) is 11.5 Å². The van der Waals surface area contributed by atoms with E-state index in [1.807, 2.05) is 6.07 Å². The summed E-state index contributed by atoms with van der Waals surface area (Å²) >= 11 is 0. The summed E-state index contributed by atoms with van der Waals surface area (Å²) in [5, 5.41) is 12.5. The first-order valence-electron chi connectivity index (χ1n) is 10.1. The first-order valence-corrected chi connectivity index (χ1v) is 10.1. The molecule has 31 heavy (non-hydrogen) atoms. The van der Waals surface area contributed by atoms with Crippen molar-refractivity contribution in [3.63, 3.8) is 0 Å². The number of hydrogen-bond donors (Lipinski definition) is 2. The molecule has 160 valence electrons. The molecule has 1 heterocycles. The van der Waals surface area contributed by atoms with Gasteiger partial charge in [-0.25, -0.2) is 4.39 Å². The lowest BCUT2D eigenvalue weighted by Crippen LogP contribution is -2.24. The molecule has 0 unspecified atom stereocenters. The smallest absolute Gasteiger partial charge is 0.255 e. The third-order valence-corrected chi connectivity index (χ3v) is 5.05. The molecule has 1 aliphatic rings. The Kier molecular flexibility index (Phi) is 6.13. The fourth-order valence-electron chi connectivity index (χ4n) is 3.25. The van der Waals surface area contributed by atoms with Gasteiger partial charge in [0.1, 0.15) is 5.75 Å². The van der Waals surface area contributed by atoms with Crippen molar-refractivity contribution in [3.8, 4) is 22.8 Å². The highest BCUT2D eigenvalue weighted by Crippen LogP contribution is 2.32. The van der Waals surface area contributed by atoms with E-state index in [0.717, 1.165) is 12.8 Å². The molecule has 1 saturated carbocycles. The molecule has 7 heteroatoms. The van der Waals surface area contributed by atoms with E-state index in [-0.39, 0.29) is 30.9 Å². The van der Waals surface area contributed by atoms with Crippen molar-refractivity contribution in [1.29, 1.82) is 0 Å². The lowest BCUT2D eigenvalue weighted by atomic mass is 10.0. The maximum Gasteiger partial charge on any atom is 0.255 e. The van der Waals surface area contributed by atoms with Crippen molar-refractivity contribution in [3.05, 3.63) is 77.2 Å². The molecule has 2 aromatic carbocycles. The van der Waals surface area contributed by atoms with Crippen molar-refractivity contribution >= 4 is 5.91 Å². The number of nitrogens with one attached hydrogen (secondary N) is 1. The van der Waals surface area contributed by atoms with Gasteiger partial charge in [0.05, 0.1) is 31.1 Å². The monoisotopic (exact) mass is 422 g/mol. The van der Waals surface area contributed by atoms with E-state index in [2.05, 4.69) is 10.3 Å². The van der Waals surface area contributed by atoms with E-state index in [0.29, 0.717) is 33.7 Å². The average Bonchev–Trinajstić information content (AvgIpc) is 3.62. The number of nitrogens with zero attached hydrogens (tertiary/aromatic N) is 1. The highest BCUT2D eigenvalue weighted by molar-refractivity contribution is 5.98. The Morgan fingerprint density at radius 1 is 1.19 bits per heavy atom. The van der Waals surface area contributed by atoms with Gasteiger partial charge >= 0.3 is 0 Å². The standard InChI is InChI=1S/C24H23FN2O4/c1-30-22-8-4-15(11-20(22)25)13-27-24(29)19-12-16(5-9-21(19)31-18-6-7-18)23-17(14-28)3-2-10-26-23/h2-5,8-12,18,28H,6-7,13-14H2,1H3,(H,27,29). The van der Waals surface area contributed by atoms with E-state index in [1.165, 1.54) is 19.2 Å². The van der Waals surface area contributed by atoms with Gasteiger partial charge in [-0.1, -0.05) is 12.1 Å². The molecule has 4 rings (SSSR count). The third kappa shape index (κ3) is 4.83. The summed E-state index contributed by atoms with van der Waals surface area (Å²) in [7, 11) is 1.40. The fourth-order valence-corrected chi connectivity index (χ4v) is 3.25. The number of carbonyl (C=O) groups excluding carboxylic acids is 1. The van der Waals surface area contributed by atoms with Gasteiger partial charge in [0, 0.05) is 23.9 Å². The number of aromatic nitrogens is 1. The average molecular weight is 422 g/mol. The first kappa shape index (κ1) is 20.8. The van der Waals surface area contributed by atoms with Crippen LogP contribution in [-0.2, 0) is 13.2 Å². The fraction of sp³-hybridized carbons (Fsp3) is 0.250. The van der Waals surface area contributed by atoms with Crippen LogP contribution in [0.2, 0.25) is 0 Å². The molecular weight excluding hydrogens is 399 g/mol. The molecule has 0 radical (unpaired) electrons. The Bertz CT molecular complexity index is 1100. The SMILES string of the molecule is COc1ccc(CNC(=O)c2cc(-c3ncccc3CO)ccc2OC2CC2)cc1F. The van der Waals surface area contributed by atoms with Crippen molar-refractivity contribution in [2.45, 2.75) is 32.1 Å². The van der Waals surface area contributed by atoms with Crippen LogP contribution in [0.25, 0.3) is 11.3 Å². The van der Waals surface area contributed by atoms with E-state index < -0.39 is 5.82 Å². The molecule has 1 aromatic heterocycles. The summed E-state index contributed by atoms with van der Waals surface area (Å²) in [5.41, 5.74) is 2.95. The number of ether oxygens (including phenoxy) is 2. The normalized spacial score (nSPS) is 13.0. The Labute approximate surface area is 179 Å². The summed E-state index contributed by atoms with van der Waals surface area (Å²) in [4.78, 5) is 17.4.